The third-order valence-corrected chi connectivity index (χ3v) is 4.67. The van der Waals surface area contributed by atoms with Gasteiger partial charge in [-0.1, -0.05) is 29.8 Å². The minimum Gasteiger partial charge on any atom is -0.497 e. The molecule has 23 heavy (non-hydrogen) atoms. The summed E-state index contributed by atoms with van der Waals surface area (Å²) >= 11 is 6.23. The number of carboxylic acids is 1. The van der Waals surface area contributed by atoms with Crippen LogP contribution < -0.4 is 10.1 Å². The molecule has 2 aromatic carbocycles. The standard InChI is InChI=1S/C18H18ClNO3/c1-23-15-6-5-12(16(19)10-15)11-20-14-4-2-3-13(9-14)18(7-8-18)17(21)22/h2-6,9-10,20H,7-8,11H2,1H3,(H,21,22). The highest BCUT2D eigenvalue weighted by Gasteiger charge is 2.51. The molecule has 5 heteroatoms. The van der Waals surface area contributed by atoms with Gasteiger partial charge in [0.25, 0.3) is 0 Å². The van der Waals surface area contributed by atoms with Gasteiger partial charge in [-0.2, -0.15) is 0 Å². The first-order valence-corrected chi connectivity index (χ1v) is 7.83. The van der Waals surface area contributed by atoms with Crippen molar-refractivity contribution in [2.45, 2.75) is 24.8 Å². The van der Waals surface area contributed by atoms with E-state index in [4.69, 9.17) is 16.3 Å². The van der Waals surface area contributed by atoms with Gasteiger partial charge in [-0.3, -0.25) is 4.79 Å². The summed E-state index contributed by atoms with van der Waals surface area (Å²) in [5.74, 6) is -0.0225. The molecule has 0 atom stereocenters. The van der Waals surface area contributed by atoms with Gasteiger partial charge in [0.1, 0.15) is 5.75 Å². The van der Waals surface area contributed by atoms with Crippen LogP contribution >= 0.6 is 11.6 Å². The fourth-order valence-corrected chi connectivity index (χ4v) is 2.91. The van der Waals surface area contributed by atoms with E-state index in [9.17, 15) is 9.90 Å². The molecule has 1 aliphatic carbocycles. The van der Waals surface area contributed by atoms with Crippen LogP contribution in [-0.4, -0.2) is 18.2 Å². The molecular weight excluding hydrogens is 314 g/mol. The molecule has 0 aliphatic heterocycles. The quantitative estimate of drug-likeness (QED) is 0.837. The van der Waals surface area contributed by atoms with Gasteiger partial charge in [-0.25, -0.2) is 0 Å². The van der Waals surface area contributed by atoms with Gasteiger partial charge >= 0.3 is 5.97 Å². The Hall–Kier alpha value is -2.20. The number of aliphatic carboxylic acids is 1. The molecule has 4 nitrogen and oxygen atoms in total. The summed E-state index contributed by atoms with van der Waals surface area (Å²) in [5, 5.41) is 13.3. The van der Waals surface area contributed by atoms with Crippen LogP contribution in [0.3, 0.4) is 0 Å². The second kappa shape index (κ2) is 6.13. The number of ether oxygens (including phenoxy) is 1. The van der Waals surface area contributed by atoms with Crippen molar-refractivity contribution >= 4 is 23.3 Å². The molecule has 2 aromatic rings. The zero-order valence-electron chi connectivity index (χ0n) is 12.8. The number of carbonyl (C=O) groups is 1. The minimum atomic E-state index is -0.743. The van der Waals surface area contributed by atoms with E-state index >= 15 is 0 Å². The Morgan fingerprint density at radius 2 is 2.09 bits per heavy atom. The summed E-state index contributed by atoms with van der Waals surface area (Å²) in [6, 6.07) is 13.2. The summed E-state index contributed by atoms with van der Waals surface area (Å²) in [4.78, 5) is 11.4. The molecule has 0 unspecified atom stereocenters. The van der Waals surface area contributed by atoms with Gasteiger partial charge in [0, 0.05) is 17.3 Å². The fourth-order valence-electron chi connectivity index (χ4n) is 2.67. The number of rotatable bonds is 6. The molecule has 0 aromatic heterocycles. The molecule has 0 saturated heterocycles. The maximum atomic E-state index is 11.4. The Morgan fingerprint density at radius 3 is 2.70 bits per heavy atom. The Kier molecular flexibility index (Phi) is 4.18. The average Bonchev–Trinajstić information content (AvgIpc) is 3.36. The minimum absolute atomic E-state index is 0.562. The van der Waals surface area contributed by atoms with Crippen LogP contribution in [0, 0.1) is 0 Å². The number of benzene rings is 2. The average molecular weight is 332 g/mol. The second-order valence-corrected chi connectivity index (χ2v) is 6.19. The number of methoxy groups -OCH3 is 1. The number of hydrogen-bond donors (Lipinski definition) is 2. The Morgan fingerprint density at radius 1 is 1.30 bits per heavy atom. The molecule has 1 saturated carbocycles. The molecule has 2 N–H and O–H groups in total. The molecule has 120 valence electrons. The van der Waals surface area contributed by atoms with Crippen molar-refractivity contribution in [2.24, 2.45) is 0 Å². The number of carboxylic acid groups (broad SMARTS) is 1. The summed E-state index contributed by atoms with van der Waals surface area (Å²) < 4.78 is 5.13. The van der Waals surface area contributed by atoms with E-state index in [1.54, 1.807) is 13.2 Å². The zero-order valence-corrected chi connectivity index (χ0v) is 13.6. The Bertz CT molecular complexity index is 741. The Balaban J connectivity index is 1.73. The second-order valence-electron chi connectivity index (χ2n) is 5.78. The van der Waals surface area contributed by atoms with Gasteiger partial charge in [0.2, 0.25) is 0 Å². The molecule has 1 aliphatic rings. The van der Waals surface area contributed by atoms with Crippen LogP contribution in [-0.2, 0) is 16.8 Å². The van der Waals surface area contributed by atoms with Crippen molar-refractivity contribution in [1.82, 2.24) is 0 Å². The largest absolute Gasteiger partial charge is 0.497 e. The number of hydrogen-bond acceptors (Lipinski definition) is 3. The number of anilines is 1. The molecule has 0 spiro atoms. The number of nitrogens with one attached hydrogen (secondary N) is 1. The van der Waals surface area contributed by atoms with E-state index in [2.05, 4.69) is 5.32 Å². The molecule has 1 fully saturated rings. The van der Waals surface area contributed by atoms with Crippen LogP contribution in [0.15, 0.2) is 42.5 Å². The lowest BCUT2D eigenvalue weighted by Gasteiger charge is -2.13. The van der Waals surface area contributed by atoms with E-state index in [1.165, 1.54) is 0 Å². The topological polar surface area (TPSA) is 58.6 Å². The lowest BCUT2D eigenvalue weighted by molar-refractivity contribution is -0.140. The molecule has 0 amide bonds. The molecular formula is C18H18ClNO3. The van der Waals surface area contributed by atoms with Crippen LogP contribution in [0.25, 0.3) is 0 Å². The maximum absolute atomic E-state index is 11.4. The highest BCUT2D eigenvalue weighted by Crippen LogP contribution is 2.48. The van der Waals surface area contributed by atoms with Crippen LogP contribution in [0.4, 0.5) is 5.69 Å². The molecule has 3 rings (SSSR count). The van der Waals surface area contributed by atoms with Gasteiger partial charge in [-0.05, 0) is 48.2 Å². The SMILES string of the molecule is COc1ccc(CNc2cccc(C3(C(=O)O)CC3)c2)c(Cl)c1. The van der Waals surface area contributed by atoms with Crippen LogP contribution in [0.2, 0.25) is 5.02 Å². The van der Waals surface area contributed by atoms with Gasteiger partial charge in [0.15, 0.2) is 0 Å². The van der Waals surface area contributed by atoms with E-state index < -0.39 is 11.4 Å². The van der Waals surface area contributed by atoms with Crippen molar-refractivity contribution in [2.75, 3.05) is 12.4 Å². The van der Waals surface area contributed by atoms with E-state index in [1.807, 2.05) is 36.4 Å². The first-order valence-electron chi connectivity index (χ1n) is 7.45. The van der Waals surface area contributed by atoms with Crippen LogP contribution in [0.5, 0.6) is 5.75 Å². The highest BCUT2D eigenvalue weighted by molar-refractivity contribution is 6.31. The lowest BCUT2D eigenvalue weighted by Crippen LogP contribution is -2.19. The predicted octanol–water partition coefficient (Wildman–Crippen LogP) is 4.08. The summed E-state index contributed by atoms with van der Waals surface area (Å²) in [6.07, 6.45) is 1.41. The lowest BCUT2D eigenvalue weighted by atomic mass is 9.96. The predicted molar refractivity (Wildman–Crippen MR) is 90.3 cm³/mol. The summed E-state index contributed by atoms with van der Waals surface area (Å²) in [6.45, 7) is 0.562. The molecule has 0 heterocycles. The van der Waals surface area contributed by atoms with E-state index in [0.29, 0.717) is 24.4 Å². The molecule has 0 bridgehead atoms. The normalized spacial score (nSPS) is 15.0. The molecule has 0 radical (unpaired) electrons. The van der Waals surface area contributed by atoms with Gasteiger partial charge in [-0.15, -0.1) is 0 Å². The maximum Gasteiger partial charge on any atom is 0.314 e. The highest BCUT2D eigenvalue weighted by atomic mass is 35.5. The summed E-state index contributed by atoms with van der Waals surface area (Å²) in [5.41, 5.74) is 2.02. The number of halogens is 1. The van der Waals surface area contributed by atoms with Gasteiger partial charge < -0.3 is 15.2 Å². The third kappa shape index (κ3) is 3.13. The van der Waals surface area contributed by atoms with Crippen molar-refractivity contribution in [3.05, 3.63) is 58.6 Å². The van der Waals surface area contributed by atoms with Crippen molar-refractivity contribution in [1.29, 1.82) is 0 Å². The first kappa shape index (κ1) is 15.7. The van der Waals surface area contributed by atoms with Crippen molar-refractivity contribution in [3.8, 4) is 5.75 Å². The van der Waals surface area contributed by atoms with Crippen molar-refractivity contribution < 1.29 is 14.6 Å². The fraction of sp³-hybridized carbons (Fsp3) is 0.278. The van der Waals surface area contributed by atoms with E-state index in [0.717, 1.165) is 22.6 Å². The van der Waals surface area contributed by atoms with Crippen LogP contribution in [0.1, 0.15) is 24.0 Å². The third-order valence-electron chi connectivity index (χ3n) is 4.32. The monoisotopic (exact) mass is 331 g/mol. The van der Waals surface area contributed by atoms with Gasteiger partial charge in [0.05, 0.1) is 12.5 Å². The Labute approximate surface area is 140 Å². The smallest absolute Gasteiger partial charge is 0.314 e. The van der Waals surface area contributed by atoms with E-state index in [-0.39, 0.29) is 0 Å². The first-order chi connectivity index (χ1) is 11.0. The van der Waals surface area contributed by atoms with Crippen molar-refractivity contribution in [3.63, 3.8) is 0 Å². The zero-order chi connectivity index (χ0) is 16.4. The summed E-state index contributed by atoms with van der Waals surface area (Å²) in [7, 11) is 1.60.